The highest BCUT2D eigenvalue weighted by molar-refractivity contribution is 5.94. The average molecular weight is 871 g/mol. The fraction of sp³-hybridized carbons (Fsp3) is 0.0690. The molecule has 0 heterocycles. The lowest BCUT2D eigenvalue weighted by atomic mass is 9.93. The molecule has 10 aromatic rings. The zero-order chi connectivity index (χ0) is 45.8. The van der Waals surface area contributed by atoms with Gasteiger partial charge in [-0.15, -0.1) is 0 Å². The van der Waals surface area contributed by atoms with Gasteiger partial charge in [0, 0.05) is 42.0 Å². The lowest BCUT2D eigenvalue weighted by Gasteiger charge is -2.16. The lowest BCUT2D eigenvalue weighted by molar-refractivity contribution is -0.131. The third-order valence-electron chi connectivity index (χ3n) is 11.1. The van der Waals surface area contributed by atoms with Gasteiger partial charge in [-0.25, -0.2) is 4.79 Å². The summed E-state index contributed by atoms with van der Waals surface area (Å²) in [5, 5.41) is 27.7. The summed E-state index contributed by atoms with van der Waals surface area (Å²) in [6.07, 6.45) is 0.187. The van der Waals surface area contributed by atoms with Crippen LogP contribution in [0.2, 0.25) is 0 Å². The first kappa shape index (κ1) is 44.0. The fourth-order valence-corrected chi connectivity index (χ4v) is 8.02. The minimum atomic E-state index is -0.810. The Morgan fingerprint density at radius 3 is 1.23 bits per heavy atom. The molecule has 0 unspecified atom stereocenters. The Kier molecular flexibility index (Phi) is 13.8. The van der Waals surface area contributed by atoms with Crippen molar-refractivity contribution in [2.75, 3.05) is 7.11 Å². The van der Waals surface area contributed by atoms with Gasteiger partial charge >= 0.3 is 12.1 Å². The van der Waals surface area contributed by atoms with E-state index in [2.05, 4.69) is 30.3 Å². The Hall–Kier alpha value is -8.62. The quantitative estimate of drug-likeness (QED) is 0.0882. The number of carbonyl (C=O) groups excluding carboxylic acids is 2. The van der Waals surface area contributed by atoms with Crippen LogP contribution in [0.3, 0.4) is 0 Å². The fourth-order valence-electron chi connectivity index (χ4n) is 8.02. The van der Waals surface area contributed by atoms with Gasteiger partial charge in [-0.3, -0.25) is 4.79 Å². The predicted molar refractivity (Wildman–Crippen MR) is 262 cm³/mol. The number of phenolic OH excluding ortho intramolecular Hbond substituents is 2. The van der Waals surface area contributed by atoms with Crippen LogP contribution in [0, 0.1) is 0 Å². The molecule has 0 aromatic heterocycles. The summed E-state index contributed by atoms with van der Waals surface area (Å²) in [6.45, 7) is 1.43. The van der Waals surface area contributed by atoms with E-state index in [4.69, 9.17) is 24.1 Å². The van der Waals surface area contributed by atoms with E-state index in [1.807, 2.05) is 115 Å². The first-order valence-corrected chi connectivity index (χ1v) is 21.4. The van der Waals surface area contributed by atoms with E-state index in [0.29, 0.717) is 35.8 Å². The summed E-state index contributed by atoms with van der Waals surface area (Å²) < 4.78 is 22.1. The number of aromatic hydroxyl groups is 2. The zero-order valence-electron chi connectivity index (χ0n) is 36.4. The second-order valence-corrected chi connectivity index (χ2v) is 15.3. The highest BCUT2D eigenvalue weighted by atomic mass is 16.7. The van der Waals surface area contributed by atoms with Crippen molar-refractivity contribution in [3.05, 3.63) is 229 Å². The Morgan fingerprint density at radius 1 is 0.394 bits per heavy atom. The topological polar surface area (TPSA) is 112 Å². The molecule has 0 saturated carbocycles. The van der Waals surface area contributed by atoms with Crippen molar-refractivity contribution >= 4 is 55.2 Å². The van der Waals surface area contributed by atoms with E-state index in [1.54, 1.807) is 67.8 Å². The molecular formula is C58H46O8. The molecule has 0 fully saturated rings. The molecule has 0 spiro atoms. The van der Waals surface area contributed by atoms with Crippen LogP contribution in [-0.4, -0.2) is 29.4 Å². The first-order valence-electron chi connectivity index (χ1n) is 21.4. The highest BCUT2D eigenvalue weighted by Gasteiger charge is 2.19. The van der Waals surface area contributed by atoms with Crippen molar-refractivity contribution in [2.24, 2.45) is 0 Å². The van der Waals surface area contributed by atoms with Gasteiger partial charge in [0.2, 0.25) is 0 Å². The second kappa shape index (κ2) is 20.7. The molecule has 0 aliphatic heterocycles. The number of hydrogen-bond acceptors (Lipinski definition) is 8. The SMILES string of the molecule is COc1ccc2ccccc2c1Cc1c(OC(C)=O)ccc2ccccc12.O=C(Oc1ccccc1)Oc1ccc2ccccc2c1Cc1c(O)ccc2ccccc12.Oc1ccccc1. The number of ether oxygens (including phenoxy) is 4. The summed E-state index contributed by atoms with van der Waals surface area (Å²) in [5.74, 6) is 2.43. The van der Waals surface area contributed by atoms with E-state index < -0.39 is 6.16 Å². The standard InChI is InChI=1S/C28H20O4.C24H20O3.C6H6O/c29-26-16-14-19-8-4-6-12-22(19)24(26)18-25-23-13-7-5-9-20(23)15-17-27(25)32-28(30)31-21-10-2-1-3-11-21;1-16(25)27-24-14-12-18-8-4-6-10-20(18)22(24)15-21-19-9-5-3-7-17(19)11-13-23(21)26-2;7-6-4-2-1-3-5-6/h1-17,29H,18H2;3-14H,15H2,1-2H3;1-5,7H. The van der Waals surface area contributed by atoms with E-state index in [9.17, 15) is 14.7 Å². The third-order valence-corrected chi connectivity index (χ3v) is 11.1. The summed E-state index contributed by atoms with van der Waals surface area (Å²) in [4.78, 5) is 24.2. The van der Waals surface area contributed by atoms with E-state index in [-0.39, 0.29) is 11.7 Å². The largest absolute Gasteiger partial charge is 0.519 e. The van der Waals surface area contributed by atoms with Gasteiger partial charge in [-0.1, -0.05) is 158 Å². The van der Waals surface area contributed by atoms with Crippen LogP contribution < -0.4 is 18.9 Å². The monoisotopic (exact) mass is 870 g/mol. The Morgan fingerprint density at radius 2 is 0.773 bits per heavy atom. The molecule has 0 aliphatic rings. The molecule has 326 valence electrons. The molecule has 0 atom stereocenters. The average Bonchev–Trinajstić information content (AvgIpc) is 3.34. The molecule has 0 amide bonds. The molecule has 0 saturated heterocycles. The Balaban J connectivity index is 0.000000158. The molecule has 10 rings (SSSR count). The van der Waals surface area contributed by atoms with Gasteiger partial charge in [0.1, 0.15) is 34.5 Å². The van der Waals surface area contributed by atoms with Gasteiger partial charge in [-0.2, -0.15) is 0 Å². The highest BCUT2D eigenvalue weighted by Crippen LogP contribution is 2.38. The number of methoxy groups -OCH3 is 1. The van der Waals surface area contributed by atoms with Crippen molar-refractivity contribution in [3.8, 4) is 34.5 Å². The molecule has 8 heteroatoms. The van der Waals surface area contributed by atoms with E-state index in [0.717, 1.165) is 71.1 Å². The molecule has 10 aromatic carbocycles. The van der Waals surface area contributed by atoms with Crippen LogP contribution >= 0.6 is 0 Å². The normalized spacial score (nSPS) is 10.6. The maximum absolute atomic E-state index is 12.5. The smallest absolute Gasteiger partial charge is 0.508 e. The van der Waals surface area contributed by atoms with Crippen molar-refractivity contribution in [3.63, 3.8) is 0 Å². The Labute approximate surface area is 382 Å². The van der Waals surface area contributed by atoms with Crippen LogP contribution in [-0.2, 0) is 17.6 Å². The van der Waals surface area contributed by atoms with E-state index in [1.165, 1.54) is 6.92 Å². The van der Waals surface area contributed by atoms with Crippen molar-refractivity contribution < 1.29 is 38.7 Å². The van der Waals surface area contributed by atoms with Crippen LogP contribution in [0.4, 0.5) is 4.79 Å². The van der Waals surface area contributed by atoms with Gasteiger partial charge in [0.15, 0.2) is 0 Å². The number of phenols is 2. The molecule has 8 nitrogen and oxygen atoms in total. The number of fused-ring (bicyclic) bond motifs is 4. The van der Waals surface area contributed by atoms with Gasteiger partial charge < -0.3 is 29.2 Å². The molecule has 0 bridgehead atoms. The summed E-state index contributed by atoms with van der Waals surface area (Å²) >= 11 is 0. The van der Waals surface area contributed by atoms with Crippen molar-refractivity contribution in [2.45, 2.75) is 19.8 Å². The Bertz CT molecular complexity index is 3290. The van der Waals surface area contributed by atoms with Gasteiger partial charge in [-0.05, 0) is 91.6 Å². The first-order chi connectivity index (χ1) is 32.2. The van der Waals surface area contributed by atoms with Gasteiger partial charge in [0.05, 0.1) is 7.11 Å². The molecule has 0 radical (unpaired) electrons. The number of carbonyl (C=O) groups is 2. The number of esters is 1. The molecule has 0 aliphatic carbocycles. The number of rotatable bonds is 8. The number of para-hydroxylation sites is 2. The minimum absolute atomic E-state index is 0.203. The maximum Gasteiger partial charge on any atom is 0.519 e. The van der Waals surface area contributed by atoms with Crippen LogP contribution in [0.5, 0.6) is 34.5 Å². The lowest BCUT2D eigenvalue weighted by Crippen LogP contribution is -2.15. The van der Waals surface area contributed by atoms with Crippen molar-refractivity contribution in [1.82, 2.24) is 0 Å². The summed E-state index contributed by atoms with van der Waals surface area (Å²) in [6, 6.07) is 64.9. The zero-order valence-corrected chi connectivity index (χ0v) is 36.4. The third kappa shape index (κ3) is 10.4. The molecular weight excluding hydrogens is 825 g/mol. The van der Waals surface area contributed by atoms with Crippen LogP contribution in [0.25, 0.3) is 43.1 Å². The van der Waals surface area contributed by atoms with E-state index >= 15 is 0 Å². The minimum Gasteiger partial charge on any atom is -0.508 e. The molecule has 66 heavy (non-hydrogen) atoms. The maximum atomic E-state index is 12.5. The predicted octanol–water partition coefficient (Wildman–Crippen LogP) is 13.8. The van der Waals surface area contributed by atoms with Crippen molar-refractivity contribution in [1.29, 1.82) is 0 Å². The van der Waals surface area contributed by atoms with Crippen LogP contribution in [0.15, 0.2) is 206 Å². The molecule has 2 N–H and O–H groups in total. The second-order valence-electron chi connectivity index (χ2n) is 15.3. The number of benzene rings is 10. The van der Waals surface area contributed by atoms with Gasteiger partial charge in [0.25, 0.3) is 0 Å². The van der Waals surface area contributed by atoms with Crippen LogP contribution in [0.1, 0.15) is 29.2 Å². The summed E-state index contributed by atoms with van der Waals surface area (Å²) in [5.41, 5.74) is 3.65. The number of hydrogen-bond donors (Lipinski definition) is 2. The summed E-state index contributed by atoms with van der Waals surface area (Å²) in [7, 11) is 1.68.